The van der Waals surface area contributed by atoms with Crippen molar-refractivity contribution in [3.63, 3.8) is 0 Å². The predicted octanol–water partition coefficient (Wildman–Crippen LogP) is 19.3. The Hall–Kier alpha value is -8.54. The molecule has 0 amide bonds. The zero-order valence-electron chi connectivity index (χ0n) is 42.5. The average Bonchev–Trinajstić information content (AvgIpc) is 4.33. The zero-order valence-corrected chi connectivity index (χ0v) is 45.6. The van der Waals surface area contributed by atoms with Crippen LogP contribution in [0.15, 0.2) is 237 Å². The Labute approximate surface area is 467 Å². The first-order chi connectivity index (χ1) is 37.3. The maximum Gasteiger partial charge on any atom is 0.135 e. The molecule has 10 aromatic carbocycles. The molecule has 0 saturated carbocycles. The van der Waals surface area contributed by atoms with Gasteiger partial charge in [-0.1, -0.05) is 190 Å². The molecule has 5 nitrogen and oxygen atoms in total. The van der Waals surface area contributed by atoms with E-state index in [-0.39, 0.29) is 26.5 Å². The SMILES string of the molecule is CC(C)(C)c1ccnc(-n2c3[c-]c(Oc4[c-]c(N5[CH-]N(c6c(-c7ccccc7-c7ccccc7)cccc6-c6ccccc6-c6ccccc6)c6ccccc65)ccc4)ccc3c3cc4c(cc32)sc2ccccc24)c1.[Pt]. The van der Waals surface area contributed by atoms with E-state index in [9.17, 15) is 0 Å². The van der Waals surface area contributed by atoms with Crippen molar-refractivity contribution >= 4 is 76.1 Å². The van der Waals surface area contributed by atoms with Crippen LogP contribution in [0.4, 0.5) is 22.7 Å². The van der Waals surface area contributed by atoms with Crippen molar-refractivity contribution in [1.82, 2.24) is 9.55 Å². The summed E-state index contributed by atoms with van der Waals surface area (Å²) in [7, 11) is 0. The Balaban J connectivity index is 0.00000566. The third kappa shape index (κ3) is 8.50. The van der Waals surface area contributed by atoms with Crippen LogP contribution in [0.2, 0.25) is 0 Å². The number of aromatic nitrogens is 2. The molecule has 13 aromatic rings. The largest absolute Gasteiger partial charge is 0.509 e. The fourth-order valence-electron chi connectivity index (χ4n) is 11.1. The number of nitrogens with zero attached hydrogens (tertiary/aromatic N) is 4. The molecule has 0 N–H and O–H groups in total. The molecular formula is C70H49N4OPtS-3. The van der Waals surface area contributed by atoms with Gasteiger partial charge in [-0.05, 0) is 86.1 Å². The van der Waals surface area contributed by atoms with Crippen molar-refractivity contribution in [2.45, 2.75) is 26.2 Å². The van der Waals surface area contributed by atoms with Gasteiger partial charge in [0, 0.05) is 92.6 Å². The van der Waals surface area contributed by atoms with Crippen LogP contribution in [0, 0.1) is 18.8 Å². The van der Waals surface area contributed by atoms with Gasteiger partial charge in [0.2, 0.25) is 0 Å². The van der Waals surface area contributed by atoms with E-state index in [4.69, 9.17) is 9.72 Å². The smallest absolute Gasteiger partial charge is 0.135 e. The summed E-state index contributed by atoms with van der Waals surface area (Å²) in [6.45, 7) is 8.94. The summed E-state index contributed by atoms with van der Waals surface area (Å²) in [5, 5.41) is 4.75. The van der Waals surface area contributed by atoms with Gasteiger partial charge in [0.15, 0.2) is 0 Å². The van der Waals surface area contributed by atoms with Gasteiger partial charge < -0.3 is 19.1 Å². The number of anilines is 4. The Morgan fingerprint density at radius 3 is 1.74 bits per heavy atom. The minimum Gasteiger partial charge on any atom is -0.509 e. The molecule has 0 bridgehead atoms. The Morgan fingerprint density at radius 1 is 0.468 bits per heavy atom. The first-order valence-corrected chi connectivity index (χ1v) is 26.6. The van der Waals surface area contributed by atoms with Crippen molar-refractivity contribution in [3.8, 4) is 61.8 Å². The second-order valence-electron chi connectivity index (χ2n) is 20.4. The van der Waals surface area contributed by atoms with E-state index >= 15 is 0 Å². The van der Waals surface area contributed by atoms with Crippen molar-refractivity contribution in [2.75, 3.05) is 9.80 Å². The summed E-state index contributed by atoms with van der Waals surface area (Å²) in [5.41, 5.74) is 16.3. The fraction of sp³-hybridized carbons (Fsp3) is 0.0571. The Kier molecular flexibility index (Phi) is 12.2. The van der Waals surface area contributed by atoms with Crippen LogP contribution in [0.25, 0.3) is 92.3 Å². The minimum atomic E-state index is -0.0639. The molecule has 0 saturated heterocycles. The van der Waals surface area contributed by atoms with Gasteiger partial charge in [0.05, 0.1) is 0 Å². The van der Waals surface area contributed by atoms with Gasteiger partial charge >= 0.3 is 0 Å². The van der Waals surface area contributed by atoms with E-state index in [2.05, 4.69) is 266 Å². The number of benzene rings is 10. The molecule has 4 heterocycles. The van der Waals surface area contributed by atoms with Crippen molar-refractivity contribution in [1.29, 1.82) is 0 Å². The van der Waals surface area contributed by atoms with E-state index in [1.165, 1.54) is 36.9 Å². The molecule has 0 atom stereocenters. The summed E-state index contributed by atoms with van der Waals surface area (Å²) in [4.78, 5) is 9.59. The first-order valence-electron chi connectivity index (χ1n) is 25.8. The minimum absolute atomic E-state index is 0. The number of para-hydroxylation sites is 3. The van der Waals surface area contributed by atoms with Crippen LogP contribution in [-0.4, -0.2) is 9.55 Å². The fourth-order valence-corrected chi connectivity index (χ4v) is 12.2. The maximum atomic E-state index is 6.84. The number of hydrogen-bond donors (Lipinski definition) is 0. The predicted molar refractivity (Wildman–Crippen MR) is 318 cm³/mol. The van der Waals surface area contributed by atoms with Crippen molar-refractivity contribution in [2.24, 2.45) is 0 Å². The molecule has 1 aliphatic rings. The molecule has 0 radical (unpaired) electrons. The summed E-state index contributed by atoms with van der Waals surface area (Å²) in [6.07, 6.45) is 1.92. The molecular weight excluding hydrogens is 1140 g/mol. The molecule has 0 unspecified atom stereocenters. The third-order valence-corrected chi connectivity index (χ3v) is 15.9. The zero-order chi connectivity index (χ0) is 50.9. The normalized spacial score (nSPS) is 12.4. The van der Waals surface area contributed by atoms with Gasteiger partial charge in [0.1, 0.15) is 5.82 Å². The van der Waals surface area contributed by atoms with Crippen LogP contribution in [0.1, 0.15) is 26.3 Å². The van der Waals surface area contributed by atoms with Crippen LogP contribution in [0.3, 0.4) is 0 Å². The molecule has 0 fully saturated rings. The van der Waals surface area contributed by atoms with Gasteiger partial charge in [-0.25, -0.2) is 4.98 Å². The van der Waals surface area contributed by atoms with Gasteiger partial charge in [-0.15, -0.1) is 59.4 Å². The summed E-state index contributed by atoms with van der Waals surface area (Å²) in [6, 6.07) is 89.6. The Morgan fingerprint density at radius 2 is 1.05 bits per heavy atom. The van der Waals surface area contributed by atoms with E-state index in [1.807, 2.05) is 35.7 Å². The number of ether oxygens (including phenoxy) is 1. The monoisotopic (exact) mass is 1190 g/mol. The molecule has 1 aliphatic heterocycles. The quantitative estimate of drug-likeness (QED) is 0.135. The number of hydrogen-bond acceptors (Lipinski definition) is 5. The second kappa shape index (κ2) is 19.5. The number of rotatable bonds is 9. The number of fused-ring (bicyclic) bond motifs is 7. The molecule has 0 aliphatic carbocycles. The summed E-state index contributed by atoms with van der Waals surface area (Å²) < 4.78 is 11.6. The molecule has 7 heteroatoms. The second-order valence-corrected chi connectivity index (χ2v) is 21.5. The Bertz CT molecular complexity index is 4270. The summed E-state index contributed by atoms with van der Waals surface area (Å²) in [5.74, 6) is 2.01. The first kappa shape index (κ1) is 48.1. The summed E-state index contributed by atoms with van der Waals surface area (Å²) >= 11 is 1.82. The van der Waals surface area contributed by atoms with E-state index in [0.717, 1.165) is 83.8 Å². The van der Waals surface area contributed by atoms with E-state index in [0.29, 0.717) is 11.5 Å². The third-order valence-electron chi connectivity index (χ3n) is 14.7. The molecule has 14 rings (SSSR count). The average molecular weight is 1190 g/mol. The van der Waals surface area contributed by atoms with Crippen LogP contribution in [-0.2, 0) is 26.5 Å². The standard InChI is InChI=1S/C70H49N4OS.Pt/c1-70(2,3)48-38-39-71-68(40-48)74-64-42-51(36-37-56(64)60-43-61-57-30-14-17-35-66(57)76-67(61)44-65(60)74)75-50-25-18-24-49(41-50)72-45-73(63-34-16-15-33-62(63)72)69-58(54-28-12-10-26-52(54)46-20-6-4-7-21-46)31-19-32-59(69)55-29-13-11-27-53(55)47-22-8-5-9-23-47;/h4-40,43-45H,1-3H3;/q-3;. The molecule has 3 aromatic heterocycles. The van der Waals surface area contributed by atoms with Gasteiger partial charge in [-0.3, -0.25) is 0 Å². The maximum absolute atomic E-state index is 6.84. The van der Waals surface area contributed by atoms with Crippen molar-refractivity contribution < 1.29 is 25.8 Å². The number of pyridine rings is 1. The van der Waals surface area contributed by atoms with Crippen LogP contribution >= 0.6 is 11.3 Å². The van der Waals surface area contributed by atoms with E-state index in [1.54, 1.807) is 0 Å². The van der Waals surface area contributed by atoms with Crippen LogP contribution in [0.5, 0.6) is 11.5 Å². The van der Waals surface area contributed by atoms with E-state index < -0.39 is 0 Å². The van der Waals surface area contributed by atoms with Crippen molar-refractivity contribution in [3.05, 3.63) is 261 Å². The van der Waals surface area contributed by atoms with Crippen LogP contribution < -0.4 is 14.5 Å². The van der Waals surface area contributed by atoms with Gasteiger partial charge in [-0.2, -0.15) is 12.1 Å². The molecule has 77 heavy (non-hydrogen) atoms. The molecule has 374 valence electrons. The number of thiophene rings is 1. The van der Waals surface area contributed by atoms with Gasteiger partial charge in [0.25, 0.3) is 0 Å². The topological polar surface area (TPSA) is 33.5 Å². The molecule has 0 spiro atoms.